The molecule has 0 bridgehead atoms. The van der Waals surface area contributed by atoms with Crippen LogP contribution in [0.3, 0.4) is 0 Å². The van der Waals surface area contributed by atoms with Crippen LogP contribution < -0.4 is 16.0 Å². The van der Waals surface area contributed by atoms with Crippen LogP contribution in [0.5, 0.6) is 0 Å². The van der Waals surface area contributed by atoms with Crippen LogP contribution >= 0.6 is 0 Å². The summed E-state index contributed by atoms with van der Waals surface area (Å²) in [7, 11) is 1.56. The van der Waals surface area contributed by atoms with Crippen molar-refractivity contribution >= 4 is 17.5 Å². The van der Waals surface area contributed by atoms with Gasteiger partial charge in [-0.05, 0) is 30.3 Å². The molecule has 3 N–H and O–H groups in total. The molecular weight excluding hydrogens is 270 g/mol. The standard InChI is InChI=1S/C15H17N3O3/c1-16-15(20)11-4-2-5-12(8-11)18-14(19)10-17-9-13-6-3-7-21-13/h2-8,17H,9-10H2,1H3,(H,16,20)(H,18,19). The van der Waals surface area contributed by atoms with E-state index in [0.29, 0.717) is 17.8 Å². The second-order valence-electron chi connectivity index (χ2n) is 4.39. The second kappa shape index (κ2) is 7.25. The Morgan fingerprint density at radius 3 is 2.76 bits per heavy atom. The maximum Gasteiger partial charge on any atom is 0.251 e. The van der Waals surface area contributed by atoms with Crippen molar-refractivity contribution in [2.45, 2.75) is 6.54 Å². The minimum absolute atomic E-state index is 0.158. The lowest BCUT2D eigenvalue weighted by molar-refractivity contribution is -0.115. The summed E-state index contributed by atoms with van der Waals surface area (Å²) in [5, 5.41) is 8.24. The minimum atomic E-state index is -0.193. The van der Waals surface area contributed by atoms with Gasteiger partial charge in [0.15, 0.2) is 0 Å². The van der Waals surface area contributed by atoms with Gasteiger partial charge in [0.05, 0.1) is 19.4 Å². The Hall–Kier alpha value is -2.60. The van der Waals surface area contributed by atoms with E-state index in [4.69, 9.17) is 4.42 Å². The summed E-state index contributed by atoms with van der Waals surface area (Å²) < 4.78 is 5.15. The lowest BCUT2D eigenvalue weighted by atomic mass is 10.2. The number of hydrogen-bond donors (Lipinski definition) is 3. The van der Waals surface area contributed by atoms with Crippen LogP contribution in [0.2, 0.25) is 0 Å². The molecule has 1 aromatic carbocycles. The van der Waals surface area contributed by atoms with Gasteiger partial charge in [0.2, 0.25) is 5.91 Å². The fourth-order valence-electron chi connectivity index (χ4n) is 1.80. The van der Waals surface area contributed by atoms with Crippen molar-refractivity contribution in [3.63, 3.8) is 0 Å². The first-order valence-corrected chi connectivity index (χ1v) is 6.54. The predicted molar refractivity (Wildman–Crippen MR) is 78.9 cm³/mol. The molecule has 2 amide bonds. The van der Waals surface area contributed by atoms with E-state index >= 15 is 0 Å². The topological polar surface area (TPSA) is 83.4 Å². The fraction of sp³-hybridized carbons (Fsp3) is 0.200. The zero-order chi connectivity index (χ0) is 15.1. The van der Waals surface area contributed by atoms with Gasteiger partial charge >= 0.3 is 0 Å². The molecule has 21 heavy (non-hydrogen) atoms. The van der Waals surface area contributed by atoms with Gasteiger partial charge in [-0.3, -0.25) is 9.59 Å². The first-order chi connectivity index (χ1) is 10.2. The highest BCUT2D eigenvalue weighted by atomic mass is 16.3. The number of nitrogens with one attached hydrogen (secondary N) is 3. The fourth-order valence-corrected chi connectivity index (χ4v) is 1.80. The number of benzene rings is 1. The second-order valence-corrected chi connectivity index (χ2v) is 4.39. The van der Waals surface area contributed by atoms with Gasteiger partial charge in [0.1, 0.15) is 5.76 Å². The predicted octanol–water partition coefficient (Wildman–Crippen LogP) is 1.37. The first-order valence-electron chi connectivity index (χ1n) is 6.54. The SMILES string of the molecule is CNC(=O)c1cccc(NC(=O)CNCc2ccco2)c1. The number of furan rings is 1. The molecule has 0 fully saturated rings. The number of hydrogen-bond acceptors (Lipinski definition) is 4. The molecule has 1 heterocycles. The maximum absolute atomic E-state index is 11.8. The summed E-state index contributed by atoms with van der Waals surface area (Å²) in [6.07, 6.45) is 1.58. The van der Waals surface area contributed by atoms with E-state index in [0.717, 1.165) is 5.76 Å². The highest BCUT2D eigenvalue weighted by Crippen LogP contribution is 2.10. The summed E-state index contributed by atoms with van der Waals surface area (Å²) in [6.45, 7) is 0.642. The summed E-state index contributed by atoms with van der Waals surface area (Å²) in [5.41, 5.74) is 1.08. The number of carbonyl (C=O) groups excluding carboxylic acids is 2. The van der Waals surface area contributed by atoms with E-state index < -0.39 is 0 Å². The molecule has 0 spiro atoms. The lowest BCUT2D eigenvalue weighted by Crippen LogP contribution is -2.27. The summed E-state index contributed by atoms with van der Waals surface area (Å²) >= 11 is 0. The van der Waals surface area contributed by atoms with Crippen molar-refractivity contribution in [3.05, 3.63) is 54.0 Å². The van der Waals surface area contributed by atoms with Crippen LogP contribution in [0.15, 0.2) is 47.1 Å². The van der Waals surface area contributed by atoms with Crippen molar-refractivity contribution < 1.29 is 14.0 Å². The normalized spacial score (nSPS) is 10.1. The third-order valence-corrected chi connectivity index (χ3v) is 2.80. The van der Waals surface area contributed by atoms with Crippen LogP contribution in [0.4, 0.5) is 5.69 Å². The molecule has 0 radical (unpaired) electrons. The van der Waals surface area contributed by atoms with Crippen molar-refractivity contribution in [2.75, 3.05) is 18.9 Å². The maximum atomic E-state index is 11.8. The van der Waals surface area contributed by atoms with E-state index in [1.54, 1.807) is 43.6 Å². The summed E-state index contributed by atoms with van der Waals surface area (Å²) in [5.74, 6) is 0.391. The van der Waals surface area contributed by atoms with Crippen LogP contribution in [0.25, 0.3) is 0 Å². The monoisotopic (exact) mass is 287 g/mol. The van der Waals surface area contributed by atoms with Crippen molar-refractivity contribution in [1.82, 2.24) is 10.6 Å². The van der Waals surface area contributed by atoms with Crippen LogP contribution in [-0.2, 0) is 11.3 Å². The summed E-state index contributed by atoms with van der Waals surface area (Å²) in [4.78, 5) is 23.3. The molecule has 0 unspecified atom stereocenters. The van der Waals surface area contributed by atoms with Gasteiger partial charge in [-0.2, -0.15) is 0 Å². The van der Waals surface area contributed by atoms with E-state index in [1.807, 2.05) is 6.07 Å². The van der Waals surface area contributed by atoms with Crippen molar-refractivity contribution in [1.29, 1.82) is 0 Å². The average Bonchev–Trinajstić information content (AvgIpc) is 3.00. The van der Waals surface area contributed by atoms with E-state index in [9.17, 15) is 9.59 Å². The summed E-state index contributed by atoms with van der Waals surface area (Å²) in [6, 6.07) is 10.4. The Morgan fingerprint density at radius 2 is 2.05 bits per heavy atom. The smallest absolute Gasteiger partial charge is 0.251 e. The Bertz CT molecular complexity index is 608. The van der Waals surface area contributed by atoms with Gasteiger partial charge in [-0.15, -0.1) is 0 Å². The molecule has 0 atom stereocenters. The van der Waals surface area contributed by atoms with Gasteiger partial charge < -0.3 is 20.4 Å². The molecule has 2 rings (SSSR count). The third kappa shape index (κ3) is 4.47. The number of rotatable bonds is 6. The lowest BCUT2D eigenvalue weighted by Gasteiger charge is -2.07. The Labute approximate surface area is 122 Å². The molecule has 1 aromatic heterocycles. The molecule has 0 aliphatic carbocycles. The van der Waals surface area contributed by atoms with Crippen molar-refractivity contribution in [2.24, 2.45) is 0 Å². The Balaban J connectivity index is 1.83. The zero-order valence-electron chi connectivity index (χ0n) is 11.7. The van der Waals surface area contributed by atoms with Gasteiger partial charge in [-0.25, -0.2) is 0 Å². The number of amides is 2. The van der Waals surface area contributed by atoms with E-state index in [-0.39, 0.29) is 18.4 Å². The number of carbonyl (C=O) groups is 2. The van der Waals surface area contributed by atoms with E-state index in [1.165, 1.54) is 0 Å². The molecule has 0 saturated heterocycles. The van der Waals surface area contributed by atoms with E-state index in [2.05, 4.69) is 16.0 Å². The quantitative estimate of drug-likeness (QED) is 0.749. The average molecular weight is 287 g/mol. The van der Waals surface area contributed by atoms with Gasteiger partial charge in [0.25, 0.3) is 5.91 Å². The molecule has 0 aliphatic rings. The molecule has 6 nitrogen and oxygen atoms in total. The van der Waals surface area contributed by atoms with Gasteiger partial charge in [-0.1, -0.05) is 6.07 Å². The minimum Gasteiger partial charge on any atom is -0.468 e. The van der Waals surface area contributed by atoms with Crippen molar-refractivity contribution in [3.8, 4) is 0 Å². The van der Waals surface area contributed by atoms with Crippen LogP contribution in [0, 0.1) is 0 Å². The molecule has 110 valence electrons. The highest BCUT2D eigenvalue weighted by molar-refractivity contribution is 5.97. The van der Waals surface area contributed by atoms with Crippen LogP contribution in [-0.4, -0.2) is 25.4 Å². The molecule has 0 aliphatic heterocycles. The third-order valence-electron chi connectivity index (χ3n) is 2.80. The largest absolute Gasteiger partial charge is 0.468 e. The first kappa shape index (κ1) is 14.8. The Morgan fingerprint density at radius 1 is 1.19 bits per heavy atom. The zero-order valence-corrected chi connectivity index (χ0v) is 11.7. The molecule has 2 aromatic rings. The number of anilines is 1. The molecule has 6 heteroatoms. The molecular formula is C15H17N3O3. The Kier molecular flexibility index (Phi) is 5.11. The molecule has 0 saturated carbocycles. The highest BCUT2D eigenvalue weighted by Gasteiger charge is 2.06. The van der Waals surface area contributed by atoms with Gasteiger partial charge in [0, 0.05) is 18.3 Å². The van der Waals surface area contributed by atoms with Crippen LogP contribution in [0.1, 0.15) is 16.1 Å².